The quantitative estimate of drug-likeness (QED) is 0.754. The van der Waals surface area contributed by atoms with Crippen molar-refractivity contribution >= 4 is 21.7 Å². The number of hydrogen-bond donors (Lipinski definition) is 0. The van der Waals surface area contributed by atoms with Gasteiger partial charge in [0.1, 0.15) is 11.6 Å². The predicted molar refractivity (Wildman–Crippen MR) is 64.7 cm³/mol. The first kappa shape index (κ1) is 11.5. The van der Waals surface area contributed by atoms with Crippen LogP contribution in [0.25, 0.3) is 0 Å². The molecular weight excluding hydrogens is 271 g/mol. The van der Waals surface area contributed by atoms with E-state index in [-0.39, 0.29) is 5.82 Å². The summed E-state index contributed by atoms with van der Waals surface area (Å²) in [6.07, 6.45) is 4.83. The van der Waals surface area contributed by atoms with Crippen molar-refractivity contribution in [2.24, 2.45) is 0 Å². The maximum atomic E-state index is 12.9. The van der Waals surface area contributed by atoms with Gasteiger partial charge >= 0.3 is 0 Å². The normalized spacial score (nSPS) is 16.1. The maximum Gasteiger partial charge on any atom is 0.136 e. The zero-order valence-corrected chi connectivity index (χ0v) is 10.4. The van der Waals surface area contributed by atoms with Gasteiger partial charge in [0, 0.05) is 17.3 Å². The molecular formula is C13H12BrFO. The van der Waals surface area contributed by atoms with Gasteiger partial charge in [-0.1, -0.05) is 33.6 Å². The molecule has 0 spiro atoms. The minimum Gasteiger partial charge on any atom is -0.299 e. The van der Waals surface area contributed by atoms with Crippen LogP contribution < -0.4 is 0 Å². The highest BCUT2D eigenvalue weighted by molar-refractivity contribution is 9.10. The van der Waals surface area contributed by atoms with Gasteiger partial charge in [-0.25, -0.2) is 4.39 Å². The molecule has 0 radical (unpaired) electrons. The monoisotopic (exact) mass is 282 g/mol. The van der Waals surface area contributed by atoms with Gasteiger partial charge < -0.3 is 0 Å². The third-order valence-corrected chi connectivity index (χ3v) is 3.51. The van der Waals surface area contributed by atoms with Crippen molar-refractivity contribution in [3.05, 3.63) is 45.7 Å². The average molecular weight is 283 g/mol. The van der Waals surface area contributed by atoms with E-state index in [0.717, 1.165) is 22.9 Å². The van der Waals surface area contributed by atoms with Crippen LogP contribution in [0.4, 0.5) is 4.39 Å². The summed E-state index contributed by atoms with van der Waals surface area (Å²) in [5, 5.41) is 0. The summed E-state index contributed by atoms with van der Waals surface area (Å²) in [5.74, 6) is 0.0744. The Morgan fingerprint density at radius 3 is 2.75 bits per heavy atom. The Morgan fingerprint density at radius 2 is 2.12 bits per heavy atom. The molecule has 0 amide bonds. The Kier molecular flexibility index (Phi) is 3.54. The molecule has 0 N–H and O–H groups in total. The molecule has 3 heteroatoms. The van der Waals surface area contributed by atoms with E-state index < -0.39 is 0 Å². The highest BCUT2D eigenvalue weighted by Gasteiger charge is 2.11. The SMILES string of the molecule is O=C1CC=C(Cc2ccc(F)cc2Br)CC1. The van der Waals surface area contributed by atoms with Crippen molar-refractivity contribution < 1.29 is 9.18 Å². The molecule has 0 saturated carbocycles. The lowest BCUT2D eigenvalue weighted by Gasteiger charge is -2.13. The van der Waals surface area contributed by atoms with Gasteiger partial charge in [0.25, 0.3) is 0 Å². The Labute approximate surface area is 102 Å². The highest BCUT2D eigenvalue weighted by Crippen LogP contribution is 2.24. The second kappa shape index (κ2) is 4.91. The number of rotatable bonds is 2. The molecule has 2 rings (SSSR count). The van der Waals surface area contributed by atoms with Crippen molar-refractivity contribution in [3.63, 3.8) is 0 Å². The highest BCUT2D eigenvalue weighted by atomic mass is 79.9. The van der Waals surface area contributed by atoms with Crippen LogP contribution in [-0.4, -0.2) is 5.78 Å². The number of carbonyl (C=O) groups excluding carboxylic acids is 1. The molecule has 1 aromatic rings. The summed E-state index contributed by atoms with van der Waals surface area (Å²) < 4.78 is 13.7. The molecule has 0 atom stereocenters. The van der Waals surface area contributed by atoms with Gasteiger partial charge in [0.05, 0.1) is 0 Å². The smallest absolute Gasteiger partial charge is 0.136 e. The third kappa shape index (κ3) is 2.79. The standard InChI is InChI=1S/C13H12BrFO/c14-13-8-11(15)4-3-10(13)7-9-1-5-12(16)6-2-9/h1,3-4,8H,2,5-7H2. The first-order valence-electron chi connectivity index (χ1n) is 5.28. The number of hydrogen-bond acceptors (Lipinski definition) is 1. The van der Waals surface area contributed by atoms with Crippen molar-refractivity contribution in [2.75, 3.05) is 0 Å². The summed E-state index contributed by atoms with van der Waals surface area (Å²) in [7, 11) is 0. The van der Waals surface area contributed by atoms with Crippen LogP contribution in [0.3, 0.4) is 0 Å². The number of allylic oxidation sites excluding steroid dienone is 2. The van der Waals surface area contributed by atoms with E-state index in [1.54, 1.807) is 6.07 Å². The van der Waals surface area contributed by atoms with Gasteiger partial charge in [-0.05, 0) is 30.5 Å². The molecule has 0 unspecified atom stereocenters. The van der Waals surface area contributed by atoms with E-state index in [2.05, 4.69) is 15.9 Å². The molecule has 0 saturated heterocycles. The lowest BCUT2D eigenvalue weighted by atomic mass is 9.93. The van der Waals surface area contributed by atoms with Gasteiger partial charge in [0.15, 0.2) is 0 Å². The number of Topliss-reactive ketones (excluding diaryl/α,β-unsaturated/α-hetero) is 1. The summed E-state index contributed by atoms with van der Waals surface area (Å²) in [5.41, 5.74) is 2.34. The molecule has 1 aliphatic rings. The number of ketones is 1. The summed E-state index contributed by atoms with van der Waals surface area (Å²) in [4.78, 5) is 11.1. The lowest BCUT2D eigenvalue weighted by Crippen LogP contribution is -2.05. The van der Waals surface area contributed by atoms with Crippen molar-refractivity contribution in [1.82, 2.24) is 0 Å². The van der Waals surface area contributed by atoms with Gasteiger partial charge in [0.2, 0.25) is 0 Å². The molecule has 0 bridgehead atoms. The second-order valence-electron chi connectivity index (χ2n) is 4.02. The molecule has 1 aliphatic carbocycles. The number of benzene rings is 1. The molecule has 16 heavy (non-hydrogen) atoms. The van der Waals surface area contributed by atoms with E-state index in [1.807, 2.05) is 6.08 Å². The summed E-state index contributed by atoms with van der Waals surface area (Å²) in [6, 6.07) is 4.73. The first-order valence-corrected chi connectivity index (χ1v) is 6.08. The Morgan fingerprint density at radius 1 is 1.31 bits per heavy atom. The topological polar surface area (TPSA) is 17.1 Å². The molecule has 0 heterocycles. The van der Waals surface area contributed by atoms with Gasteiger partial charge in [-0.3, -0.25) is 4.79 Å². The number of carbonyl (C=O) groups is 1. The van der Waals surface area contributed by atoms with Crippen LogP contribution in [-0.2, 0) is 11.2 Å². The first-order chi connectivity index (χ1) is 7.65. The molecule has 84 valence electrons. The molecule has 1 nitrogen and oxygen atoms in total. The number of halogens is 2. The zero-order valence-electron chi connectivity index (χ0n) is 8.80. The fourth-order valence-corrected chi connectivity index (χ4v) is 2.32. The second-order valence-corrected chi connectivity index (χ2v) is 4.87. The molecule has 0 fully saturated rings. The van der Waals surface area contributed by atoms with Crippen molar-refractivity contribution in [3.8, 4) is 0 Å². The average Bonchev–Trinajstić information content (AvgIpc) is 2.25. The van der Waals surface area contributed by atoms with E-state index in [4.69, 9.17) is 0 Å². The molecule has 1 aromatic carbocycles. The third-order valence-electron chi connectivity index (χ3n) is 2.78. The van der Waals surface area contributed by atoms with E-state index >= 15 is 0 Å². The fourth-order valence-electron chi connectivity index (χ4n) is 1.83. The summed E-state index contributed by atoms with van der Waals surface area (Å²) in [6.45, 7) is 0. The van der Waals surface area contributed by atoms with Crippen LogP contribution >= 0.6 is 15.9 Å². The Hall–Kier alpha value is -0.960. The zero-order chi connectivity index (χ0) is 11.5. The van der Waals surface area contributed by atoms with Crippen molar-refractivity contribution in [2.45, 2.75) is 25.7 Å². The maximum absolute atomic E-state index is 12.9. The van der Waals surface area contributed by atoms with Gasteiger partial charge in [-0.2, -0.15) is 0 Å². The van der Waals surface area contributed by atoms with E-state index in [0.29, 0.717) is 18.6 Å². The lowest BCUT2D eigenvalue weighted by molar-refractivity contribution is -0.118. The van der Waals surface area contributed by atoms with Crippen LogP contribution in [0.1, 0.15) is 24.8 Å². The Balaban J connectivity index is 2.12. The van der Waals surface area contributed by atoms with Gasteiger partial charge in [-0.15, -0.1) is 0 Å². The minimum atomic E-state index is -0.233. The molecule has 0 aromatic heterocycles. The van der Waals surface area contributed by atoms with E-state index in [1.165, 1.54) is 17.7 Å². The van der Waals surface area contributed by atoms with Crippen LogP contribution in [0, 0.1) is 5.82 Å². The van der Waals surface area contributed by atoms with Crippen LogP contribution in [0.2, 0.25) is 0 Å². The fraction of sp³-hybridized carbons (Fsp3) is 0.308. The van der Waals surface area contributed by atoms with Crippen LogP contribution in [0.15, 0.2) is 34.3 Å². The minimum absolute atomic E-state index is 0.233. The largest absolute Gasteiger partial charge is 0.299 e. The summed E-state index contributed by atoms with van der Waals surface area (Å²) >= 11 is 3.35. The Bertz CT molecular complexity index is 451. The van der Waals surface area contributed by atoms with E-state index in [9.17, 15) is 9.18 Å². The van der Waals surface area contributed by atoms with Crippen molar-refractivity contribution in [1.29, 1.82) is 0 Å². The predicted octanol–water partition coefficient (Wildman–Crippen LogP) is 3.81. The van der Waals surface area contributed by atoms with Crippen LogP contribution in [0.5, 0.6) is 0 Å². The molecule has 0 aliphatic heterocycles.